The lowest BCUT2D eigenvalue weighted by atomic mass is 9.93. The molecule has 0 saturated heterocycles. The maximum atomic E-state index is 10.3. The summed E-state index contributed by atoms with van der Waals surface area (Å²) in [7, 11) is 0. The summed E-state index contributed by atoms with van der Waals surface area (Å²) in [5.74, 6) is -0.269. The van der Waals surface area contributed by atoms with Crippen molar-refractivity contribution in [1.82, 2.24) is 0 Å². The van der Waals surface area contributed by atoms with E-state index in [4.69, 9.17) is 0 Å². The summed E-state index contributed by atoms with van der Waals surface area (Å²) < 4.78 is 1.88. The van der Waals surface area contributed by atoms with E-state index in [-0.39, 0.29) is 22.7 Å². The van der Waals surface area contributed by atoms with Gasteiger partial charge in [-0.1, -0.05) is 6.07 Å². The van der Waals surface area contributed by atoms with Crippen LogP contribution in [0.3, 0.4) is 0 Å². The first-order chi connectivity index (χ1) is 10.5. The highest BCUT2D eigenvalue weighted by Crippen LogP contribution is 2.39. The fourth-order valence-electron chi connectivity index (χ4n) is 3.03. The summed E-state index contributed by atoms with van der Waals surface area (Å²) >= 11 is 0. The van der Waals surface area contributed by atoms with Crippen molar-refractivity contribution in [2.75, 3.05) is 0 Å². The van der Waals surface area contributed by atoms with E-state index in [2.05, 4.69) is 0 Å². The number of aliphatic hydroxyl groups excluding tert-OH is 1. The Morgan fingerprint density at radius 3 is 2.43 bits per heavy atom. The lowest BCUT2D eigenvalue weighted by Crippen LogP contribution is -2.42. The zero-order chi connectivity index (χ0) is 15.4. The van der Waals surface area contributed by atoms with Gasteiger partial charge in [0.05, 0.1) is 5.56 Å². The van der Waals surface area contributed by atoms with Crippen molar-refractivity contribution in [1.29, 1.82) is 0 Å². The molecule has 0 radical (unpaired) electrons. The van der Waals surface area contributed by atoms with E-state index in [9.17, 15) is 20.4 Å². The number of hydrogen-bond acceptors (Lipinski definition) is 5. The largest absolute Gasteiger partial charge is 0.870 e. The number of aromatic nitrogens is 1. The molecule has 118 valence electrons. The second-order valence-electron chi connectivity index (χ2n) is 5.57. The van der Waals surface area contributed by atoms with E-state index in [1.54, 1.807) is 12.1 Å². The van der Waals surface area contributed by atoms with Crippen molar-refractivity contribution < 1.29 is 30.5 Å². The predicted molar refractivity (Wildman–Crippen MR) is 81.5 cm³/mol. The zero-order valence-corrected chi connectivity index (χ0v) is 12.0. The molecule has 1 aliphatic heterocycles. The Labute approximate surface area is 131 Å². The smallest absolute Gasteiger partial charge is 0.213 e. The van der Waals surface area contributed by atoms with Gasteiger partial charge in [0.25, 0.3) is 0 Å². The number of phenolic OH excluding ortho intramolecular Hbond substituents is 3. The van der Waals surface area contributed by atoms with Crippen LogP contribution in [0.1, 0.15) is 11.7 Å². The summed E-state index contributed by atoms with van der Waals surface area (Å²) in [5, 5.41) is 41.1. The average Bonchev–Trinajstić information content (AvgIpc) is 2.48. The highest BCUT2D eigenvalue weighted by molar-refractivity contribution is 5.85. The van der Waals surface area contributed by atoms with E-state index in [1.807, 2.05) is 22.9 Å². The number of hydrogen-bond donors (Lipinski definition) is 4. The molecule has 5 N–H and O–H groups in total. The molecular formula is C17H15NO5. The first-order valence-corrected chi connectivity index (χ1v) is 6.93. The molecule has 1 atom stereocenters. The van der Waals surface area contributed by atoms with Crippen molar-refractivity contribution in [2.45, 2.75) is 12.6 Å². The highest BCUT2D eigenvalue weighted by atomic mass is 16.3. The lowest BCUT2D eigenvalue weighted by Gasteiger charge is -2.20. The van der Waals surface area contributed by atoms with Crippen LogP contribution in [0.25, 0.3) is 22.0 Å². The molecule has 4 rings (SSSR count). The Morgan fingerprint density at radius 1 is 0.913 bits per heavy atom. The van der Waals surface area contributed by atoms with Gasteiger partial charge in [-0.25, -0.2) is 0 Å². The standard InChI is InChI=1S/C17H13NO4.H2O/c19-11-2-1-9-4-14-12-5-15(20)16(21)6-13(12)17(22)8-18(14)7-10(9)3-11;/h1-7,17,19-20,22H,8H2;1H2. The third kappa shape index (κ3) is 2.25. The molecule has 0 spiro atoms. The third-order valence-corrected chi connectivity index (χ3v) is 4.12. The number of nitrogens with zero attached hydrogens (tertiary/aromatic N) is 1. The van der Waals surface area contributed by atoms with E-state index >= 15 is 0 Å². The van der Waals surface area contributed by atoms with Crippen molar-refractivity contribution in [2.24, 2.45) is 0 Å². The minimum atomic E-state index is -0.770. The number of fused-ring (bicyclic) bond motifs is 4. The van der Waals surface area contributed by atoms with Crippen LogP contribution in [0.5, 0.6) is 17.2 Å². The molecule has 0 amide bonds. The molecule has 1 aliphatic rings. The molecule has 1 unspecified atom stereocenters. The Morgan fingerprint density at radius 2 is 1.65 bits per heavy atom. The number of phenols is 3. The summed E-state index contributed by atoms with van der Waals surface area (Å²) in [6.45, 7) is 0.345. The van der Waals surface area contributed by atoms with Gasteiger partial charge in [-0.15, -0.1) is 0 Å². The van der Waals surface area contributed by atoms with Gasteiger partial charge in [0.1, 0.15) is 11.9 Å². The van der Waals surface area contributed by atoms with Crippen molar-refractivity contribution in [3.05, 3.63) is 48.2 Å². The molecule has 6 nitrogen and oxygen atoms in total. The summed E-state index contributed by atoms with van der Waals surface area (Å²) in [5.41, 5.74) is 2.12. The Balaban J connectivity index is 0.00000156. The van der Waals surface area contributed by atoms with Crippen LogP contribution in [0.15, 0.2) is 42.6 Å². The number of pyridine rings is 1. The van der Waals surface area contributed by atoms with E-state index in [0.717, 1.165) is 16.5 Å². The van der Waals surface area contributed by atoms with Crippen molar-refractivity contribution in [3.63, 3.8) is 0 Å². The molecule has 3 aromatic rings. The van der Waals surface area contributed by atoms with Crippen molar-refractivity contribution in [3.8, 4) is 28.5 Å². The van der Waals surface area contributed by atoms with E-state index < -0.39 is 6.10 Å². The molecule has 2 heterocycles. The molecule has 0 aliphatic carbocycles. The van der Waals surface area contributed by atoms with E-state index in [0.29, 0.717) is 17.7 Å². The summed E-state index contributed by atoms with van der Waals surface area (Å²) in [4.78, 5) is 0. The second kappa shape index (κ2) is 5.12. The van der Waals surface area contributed by atoms with Crippen LogP contribution in [0, 0.1) is 0 Å². The Hall–Kier alpha value is -2.83. The summed E-state index contributed by atoms with van der Waals surface area (Å²) in [6.07, 6.45) is 1.09. The van der Waals surface area contributed by atoms with Gasteiger partial charge < -0.3 is 25.9 Å². The monoisotopic (exact) mass is 313 g/mol. The van der Waals surface area contributed by atoms with Gasteiger partial charge in [-0.3, -0.25) is 0 Å². The van der Waals surface area contributed by atoms with Gasteiger partial charge >= 0.3 is 0 Å². The van der Waals surface area contributed by atoms with Gasteiger partial charge in [0.2, 0.25) is 5.69 Å². The number of aromatic hydroxyl groups is 3. The van der Waals surface area contributed by atoms with Crippen LogP contribution in [-0.2, 0) is 6.54 Å². The quantitative estimate of drug-likeness (QED) is 0.373. The Bertz CT molecular complexity index is 922. The molecule has 6 heteroatoms. The van der Waals surface area contributed by atoms with Crippen LogP contribution in [-0.4, -0.2) is 25.9 Å². The molecule has 0 fully saturated rings. The number of aliphatic hydroxyl groups is 1. The van der Waals surface area contributed by atoms with Gasteiger partial charge in [0.15, 0.2) is 24.2 Å². The number of benzene rings is 2. The Kier molecular flexibility index (Phi) is 3.35. The average molecular weight is 313 g/mol. The SMILES string of the molecule is Oc1ccc2cc3[n+](cc2c1)CC(O)c1cc(O)c(O)cc1-3.[OH-]. The van der Waals surface area contributed by atoms with E-state index in [1.165, 1.54) is 12.1 Å². The fourth-order valence-corrected chi connectivity index (χ4v) is 3.03. The third-order valence-electron chi connectivity index (χ3n) is 4.12. The first kappa shape index (κ1) is 15.1. The lowest BCUT2D eigenvalue weighted by molar-refractivity contribution is -0.695. The summed E-state index contributed by atoms with van der Waals surface area (Å²) in [6, 6.07) is 9.91. The second-order valence-corrected chi connectivity index (χ2v) is 5.57. The predicted octanol–water partition coefficient (Wildman–Crippen LogP) is 1.78. The molecule has 0 bridgehead atoms. The van der Waals surface area contributed by atoms with Crippen LogP contribution < -0.4 is 4.57 Å². The highest BCUT2D eigenvalue weighted by Gasteiger charge is 2.31. The van der Waals surface area contributed by atoms with Gasteiger partial charge in [-0.05, 0) is 29.7 Å². The normalized spacial score (nSPS) is 15.6. The topological polar surface area (TPSA) is 115 Å². The number of rotatable bonds is 0. The van der Waals surface area contributed by atoms with Crippen LogP contribution >= 0.6 is 0 Å². The molecule has 0 saturated carbocycles. The fraction of sp³-hybridized carbons (Fsp3) is 0.118. The minimum Gasteiger partial charge on any atom is -0.870 e. The zero-order valence-electron chi connectivity index (χ0n) is 12.0. The maximum Gasteiger partial charge on any atom is 0.213 e. The molecular weight excluding hydrogens is 298 g/mol. The van der Waals surface area contributed by atoms with Crippen LogP contribution in [0.4, 0.5) is 0 Å². The first-order valence-electron chi connectivity index (χ1n) is 6.93. The van der Waals surface area contributed by atoms with Crippen molar-refractivity contribution >= 4 is 10.8 Å². The minimum absolute atomic E-state index is 0. The van der Waals surface area contributed by atoms with Gasteiger partial charge in [0, 0.05) is 17.0 Å². The maximum absolute atomic E-state index is 10.3. The molecule has 1 aromatic heterocycles. The van der Waals surface area contributed by atoms with Crippen LogP contribution in [0.2, 0.25) is 0 Å². The molecule has 2 aromatic carbocycles. The molecule has 23 heavy (non-hydrogen) atoms. The van der Waals surface area contributed by atoms with Gasteiger partial charge in [-0.2, -0.15) is 4.57 Å².